The molecule has 0 saturated carbocycles. The molecular formula is C10H19N3O2S. The van der Waals surface area contributed by atoms with Crippen LogP contribution in [0.4, 0.5) is 0 Å². The van der Waals surface area contributed by atoms with E-state index in [2.05, 4.69) is 6.92 Å². The molecule has 0 atom stereocenters. The Kier molecular flexibility index (Phi) is 4.71. The van der Waals surface area contributed by atoms with Gasteiger partial charge in [-0.05, 0) is 18.8 Å². The zero-order chi connectivity index (χ0) is 12.2. The molecular weight excluding hydrogens is 226 g/mol. The van der Waals surface area contributed by atoms with Gasteiger partial charge in [-0.25, -0.2) is 0 Å². The first kappa shape index (κ1) is 13.4. The van der Waals surface area contributed by atoms with E-state index < -0.39 is 10.2 Å². The van der Waals surface area contributed by atoms with Gasteiger partial charge in [0.15, 0.2) is 0 Å². The van der Waals surface area contributed by atoms with Crippen LogP contribution in [0.25, 0.3) is 0 Å². The molecule has 1 fully saturated rings. The molecule has 1 aliphatic rings. The molecule has 0 unspecified atom stereocenters. The molecule has 0 bridgehead atoms. The minimum atomic E-state index is -3.34. The minimum absolute atomic E-state index is 0.236. The third-order valence-electron chi connectivity index (χ3n) is 3.00. The van der Waals surface area contributed by atoms with Crippen molar-refractivity contribution in [2.45, 2.75) is 26.2 Å². The summed E-state index contributed by atoms with van der Waals surface area (Å²) in [4.78, 5) is 0. The van der Waals surface area contributed by atoms with Gasteiger partial charge in [-0.15, -0.1) is 0 Å². The highest BCUT2D eigenvalue weighted by atomic mass is 32.2. The van der Waals surface area contributed by atoms with Gasteiger partial charge >= 0.3 is 0 Å². The number of hydrogen-bond donors (Lipinski definition) is 0. The van der Waals surface area contributed by atoms with Crippen molar-refractivity contribution in [2.75, 3.05) is 26.7 Å². The monoisotopic (exact) mass is 245 g/mol. The molecule has 1 saturated heterocycles. The fraction of sp³-hybridized carbons (Fsp3) is 0.900. The van der Waals surface area contributed by atoms with E-state index in [9.17, 15) is 8.42 Å². The summed E-state index contributed by atoms with van der Waals surface area (Å²) in [5.74, 6) is 0.607. The second kappa shape index (κ2) is 5.62. The molecule has 0 radical (unpaired) electrons. The third kappa shape index (κ3) is 3.17. The van der Waals surface area contributed by atoms with Gasteiger partial charge in [0.2, 0.25) is 0 Å². The van der Waals surface area contributed by atoms with E-state index in [4.69, 9.17) is 5.26 Å². The Bertz CT molecular complexity index is 353. The quantitative estimate of drug-likeness (QED) is 0.736. The Hall–Kier alpha value is -0.640. The molecule has 6 heteroatoms. The van der Waals surface area contributed by atoms with Gasteiger partial charge in [0.1, 0.15) is 0 Å². The molecule has 5 nitrogen and oxygen atoms in total. The van der Waals surface area contributed by atoms with E-state index in [1.54, 1.807) is 0 Å². The topological polar surface area (TPSA) is 64.4 Å². The normalized spacial score (nSPS) is 19.9. The zero-order valence-corrected chi connectivity index (χ0v) is 10.7. The molecule has 16 heavy (non-hydrogen) atoms. The van der Waals surface area contributed by atoms with Gasteiger partial charge in [0.05, 0.1) is 6.07 Å². The van der Waals surface area contributed by atoms with Crippen LogP contribution in [0.3, 0.4) is 0 Å². The zero-order valence-electron chi connectivity index (χ0n) is 9.89. The molecule has 1 rings (SSSR count). The van der Waals surface area contributed by atoms with Crippen LogP contribution in [0.1, 0.15) is 26.2 Å². The van der Waals surface area contributed by atoms with E-state index in [0.717, 1.165) is 12.8 Å². The number of nitrogens with zero attached hydrogens (tertiary/aromatic N) is 3. The summed E-state index contributed by atoms with van der Waals surface area (Å²) in [5.41, 5.74) is 0. The standard InChI is InChI=1S/C10H19N3O2S/c1-10-4-8-13(9-5-10)16(14,15)12(2)7-3-6-11/h10H,3-5,7-9H2,1-2H3. The molecule has 0 spiro atoms. The minimum Gasteiger partial charge on any atom is -0.198 e. The van der Waals surface area contributed by atoms with Crippen molar-refractivity contribution in [1.82, 2.24) is 8.61 Å². The molecule has 0 aromatic carbocycles. The predicted molar refractivity (Wildman–Crippen MR) is 61.8 cm³/mol. The molecule has 0 aliphatic carbocycles. The lowest BCUT2D eigenvalue weighted by atomic mass is 10.0. The molecule has 0 aromatic heterocycles. The predicted octanol–water partition coefficient (Wildman–Crippen LogP) is 0.809. The molecule has 0 aromatic rings. The van der Waals surface area contributed by atoms with Crippen LogP contribution in [-0.2, 0) is 10.2 Å². The van der Waals surface area contributed by atoms with Crippen molar-refractivity contribution in [1.29, 1.82) is 5.26 Å². The van der Waals surface area contributed by atoms with Crippen LogP contribution in [0.15, 0.2) is 0 Å². The summed E-state index contributed by atoms with van der Waals surface area (Å²) in [5, 5.41) is 8.44. The lowest BCUT2D eigenvalue weighted by molar-refractivity contribution is 0.271. The molecule has 1 aliphatic heterocycles. The first-order valence-corrected chi connectivity index (χ1v) is 6.96. The summed E-state index contributed by atoms with van der Waals surface area (Å²) < 4.78 is 26.9. The van der Waals surface area contributed by atoms with Crippen LogP contribution < -0.4 is 0 Å². The van der Waals surface area contributed by atoms with E-state index in [-0.39, 0.29) is 13.0 Å². The molecule has 0 N–H and O–H groups in total. The second-order valence-electron chi connectivity index (χ2n) is 4.32. The van der Waals surface area contributed by atoms with Crippen LogP contribution in [0.2, 0.25) is 0 Å². The summed E-state index contributed by atoms with van der Waals surface area (Å²) in [6.45, 7) is 3.61. The lowest BCUT2D eigenvalue weighted by Gasteiger charge is -2.32. The number of nitriles is 1. The average molecular weight is 245 g/mol. The van der Waals surface area contributed by atoms with Gasteiger partial charge < -0.3 is 0 Å². The number of hydrogen-bond acceptors (Lipinski definition) is 3. The SMILES string of the molecule is CC1CCN(S(=O)(=O)N(C)CCC#N)CC1. The summed E-state index contributed by atoms with van der Waals surface area (Å²) in [6, 6.07) is 1.96. The number of piperidine rings is 1. The summed E-state index contributed by atoms with van der Waals surface area (Å²) >= 11 is 0. The third-order valence-corrected chi connectivity index (χ3v) is 4.99. The van der Waals surface area contributed by atoms with E-state index in [1.165, 1.54) is 15.7 Å². The maximum atomic E-state index is 12.0. The van der Waals surface area contributed by atoms with E-state index in [0.29, 0.717) is 19.0 Å². The second-order valence-corrected chi connectivity index (χ2v) is 6.35. The fourth-order valence-electron chi connectivity index (χ4n) is 1.74. The first-order valence-electron chi connectivity index (χ1n) is 5.57. The van der Waals surface area contributed by atoms with E-state index >= 15 is 0 Å². The van der Waals surface area contributed by atoms with Crippen LogP contribution in [-0.4, -0.2) is 43.7 Å². The van der Waals surface area contributed by atoms with Gasteiger partial charge in [-0.3, -0.25) is 0 Å². The van der Waals surface area contributed by atoms with Crippen molar-refractivity contribution in [3.63, 3.8) is 0 Å². The van der Waals surface area contributed by atoms with Gasteiger partial charge in [0, 0.05) is 33.1 Å². The average Bonchev–Trinajstić information content (AvgIpc) is 2.26. The van der Waals surface area contributed by atoms with Gasteiger partial charge in [-0.2, -0.15) is 22.3 Å². The van der Waals surface area contributed by atoms with Crippen LogP contribution in [0, 0.1) is 17.2 Å². The molecule has 0 amide bonds. The Labute approximate surface area is 97.8 Å². The maximum Gasteiger partial charge on any atom is 0.281 e. The first-order chi connectivity index (χ1) is 7.48. The van der Waals surface area contributed by atoms with Crippen molar-refractivity contribution >= 4 is 10.2 Å². The van der Waals surface area contributed by atoms with Gasteiger partial charge in [0.25, 0.3) is 10.2 Å². The maximum absolute atomic E-state index is 12.0. The highest BCUT2D eigenvalue weighted by Gasteiger charge is 2.29. The van der Waals surface area contributed by atoms with Crippen molar-refractivity contribution in [3.8, 4) is 6.07 Å². The smallest absolute Gasteiger partial charge is 0.198 e. The lowest BCUT2D eigenvalue weighted by Crippen LogP contribution is -2.45. The van der Waals surface area contributed by atoms with Crippen molar-refractivity contribution in [3.05, 3.63) is 0 Å². The summed E-state index contributed by atoms with van der Waals surface area (Å²) in [7, 11) is -1.81. The highest BCUT2D eigenvalue weighted by Crippen LogP contribution is 2.20. The molecule has 92 valence electrons. The van der Waals surface area contributed by atoms with E-state index in [1.807, 2.05) is 6.07 Å². The Balaban J connectivity index is 2.60. The van der Waals surface area contributed by atoms with Crippen molar-refractivity contribution < 1.29 is 8.42 Å². The number of rotatable bonds is 4. The Morgan fingerprint density at radius 3 is 2.50 bits per heavy atom. The van der Waals surface area contributed by atoms with Gasteiger partial charge in [-0.1, -0.05) is 6.92 Å². The fourth-order valence-corrected chi connectivity index (χ4v) is 3.12. The largest absolute Gasteiger partial charge is 0.281 e. The van der Waals surface area contributed by atoms with Crippen LogP contribution >= 0.6 is 0 Å². The Morgan fingerprint density at radius 2 is 2.00 bits per heavy atom. The Morgan fingerprint density at radius 1 is 1.44 bits per heavy atom. The van der Waals surface area contributed by atoms with Crippen LogP contribution in [0.5, 0.6) is 0 Å². The summed E-state index contributed by atoms with van der Waals surface area (Å²) in [6.07, 6.45) is 2.08. The highest BCUT2D eigenvalue weighted by molar-refractivity contribution is 7.86. The van der Waals surface area contributed by atoms with Crippen molar-refractivity contribution in [2.24, 2.45) is 5.92 Å². The molecule has 1 heterocycles.